The second kappa shape index (κ2) is 7.64. The molecule has 36 heavy (non-hydrogen) atoms. The Balaban J connectivity index is 1.19. The summed E-state index contributed by atoms with van der Waals surface area (Å²) in [6, 6.07) is 15.5. The zero-order valence-corrected chi connectivity index (χ0v) is 20.1. The van der Waals surface area contributed by atoms with E-state index in [1.807, 2.05) is 25.0 Å². The van der Waals surface area contributed by atoms with Gasteiger partial charge in [-0.1, -0.05) is 48.9 Å². The highest BCUT2D eigenvalue weighted by atomic mass is 16.3. The first-order chi connectivity index (χ1) is 17.7. The fourth-order valence-corrected chi connectivity index (χ4v) is 8.07. The van der Waals surface area contributed by atoms with Crippen LogP contribution in [0.1, 0.15) is 66.8 Å². The minimum Gasteiger partial charge on any atom is -0.393 e. The second-order valence-corrected chi connectivity index (χ2v) is 11.2. The fourth-order valence-electron chi connectivity index (χ4n) is 8.07. The number of benzene rings is 2. The summed E-state index contributed by atoms with van der Waals surface area (Å²) >= 11 is 0. The Morgan fingerprint density at radius 1 is 0.694 bits per heavy atom. The molecule has 2 saturated carbocycles. The third-order valence-electron chi connectivity index (χ3n) is 9.55. The first-order valence-electron chi connectivity index (χ1n) is 13.3. The van der Waals surface area contributed by atoms with E-state index in [1.54, 1.807) is 0 Å². The van der Waals surface area contributed by atoms with Crippen molar-refractivity contribution >= 4 is 0 Å². The molecular formula is C30H30N4O2. The Morgan fingerprint density at radius 2 is 1.42 bits per heavy atom. The van der Waals surface area contributed by atoms with Crippen molar-refractivity contribution in [1.82, 2.24) is 19.1 Å². The maximum atomic E-state index is 11.4. The van der Waals surface area contributed by atoms with Crippen LogP contribution in [0.4, 0.5) is 0 Å². The van der Waals surface area contributed by atoms with Crippen LogP contribution in [0, 0.1) is 11.8 Å². The van der Waals surface area contributed by atoms with E-state index in [0.29, 0.717) is 0 Å². The van der Waals surface area contributed by atoms with Gasteiger partial charge in [-0.3, -0.25) is 0 Å². The first kappa shape index (κ1) is 20.9. The van der Waals surface area contributed by atoms with Crippen LogP contribution in [0.25, 0.3) is 22.5 Å². The van der Waals surface area contributed by atoms with Crippen molar-refractivity contribution < 1.29 is 10.2 Å². The highest BCUT2D eigenvalue weighted by molar-refractivity contribution is 5.74. The molecule has 0 spiro atoms. The summed E-state index contributed by atoms with van der Waals surface area (Å²) < 4.78 is 4.56. The molecule has 4 aliphatic rings. The van der Waals surface area contributed by atoms with Gasteiger partial charge in [0, 0.05) is 23.0 Å². The van der Waals surface area contributed by atoms with E-state index in [1.165, 1.54) is 27.8 Å². The quantitative estimate of drug-likeness (QED) is 0.438. The predicted octanol–water partition coefficient (Wildman–Crippen LogP) is 4.93. The molecule has 2 aromatic carbocycles. The van der Waals surface area contributed by atoms with Gasteiger partial charge in [-0.05, 0) is 48.3 Å². The molecule has 2 aliphatic heterocycles. The van der Waals surface area contributed by atoms with E-state index in [0.717, 1.165) is 43.5 Å². The summed E-state index contributed by atoms with van der Waals surface area (Å²) in [5.74, 6) is 0.627. The Kier molecular flexibility index (Phi) is 4.44. The van der Waals surface area contributed by atoms with Crippen LogP contribution in [-0.2, 0) is 0 Å². The zero-order chi connectivity index (χ0) is 24.0. The van der Waals surface area contributed by atoms with Gasteiger partial charge in [0.25, 0.3) is 0 Å². The summed E-state index contributed by atoms with van der Waals surface area (Å²) in [6.07, 6.45) is 11.9. The number of aromatic nitrogens is 4. The van der Waals surface area contributed by atoms with Crippen LogP contribution in [0.5, 0.6) is 0 Å². The first-order valence-corrected chi connectivity index (χ1v) is 13.3. The summed E-state index contributed by atoms with van der Waals surface area (Å²) in [5, 5.41) is 22.2. The third-order valence-corrected chi connectivity index (χ3v) is 9.55. The highest BCUT2D eigenvalue weighted by Crippen LogP contribution is 2.55. The molecule has 2 N–H and O–H groups in total. The lowest BCUT2D eigenvalue weighted by atomic mass is 9.84. The summed E-state index contributed by atoms with van der Waals surface area (Å²) in [4.78, 5) is 8.95. The molecule has 6 heteroatoms. The highest BCUT2D eigenvalue weighted by Gasteiger charge is 2.46. The molecule has 8 rings (SSSR count). The summed E-state index contributed by atoms with van der Waals surface area (Å²) in [6.45, 7) is 0. The van der Waals surface area contributed by atoms with Gasteiger partial charge in [0.2, 0.25) is 0 Å². The number of fused-ring (bicyclic) bond motifs is 6. The van der Waals surface area contributed by atoms with E-state index in [4.69, 9.17) is 0 Å². The minimum atomic E-state index is -0.379. The van der Waals surface area contributed by atoms with Gasteiger partial charge in [-0.15, -0.1) is 0 Å². The molecule has 0 radical (unpaired) electrons. The largest absolute Gasteiger partial charge is 0.393 e. The number of hydrogen-bond donors (Lipinski definition) is 2. The van der Waals surface area contributed by atoms with Gasteiger partial charge in [0.1, 0.15) is 0 Å². The SMILES string of the molecule is O[C@@H]1CC(c2cccc3c2-c2cncn2[C@@H]3[C@H]2CCC[C@H]2O)C[C@H]1[C@H]1c2ccccc2-c2cncn21. The van der Waals surface area contributed by atoms with Crippen molar-refractivity contribution in [3.8, 4) is 22.5 Å². The number of aliphatic hydroxyl groups excluding tert-OH is 2. The Bertz CT molecular complexity index is 1470. The average molecular weight is 479 g/mol. The molecule has 182 valence electrons. The molecule has 0 bridgehead atoms. The molecule has 0 saturated heterocycles. The molecule has 4 heterocycles. The zero-order valence-electron chi connectivity index (χ0n) is 20.1. The van der Waals surface area contributed by atoms with Crippen LogP contribution in [0.2, 0.25) is 0 Å². The van der Waals surface area contributed by atoms with Gasteiger partial charge in [-0.2, -0.15) is 0 Å². The van der Waals surface area contributed by atoms with Crippen LogP contribution >= 0.6 is 0 Å². The Labute approximate surface area is 210 Å². The monoisotopic (exact) mass is 478 g/mol. The second-order valence-electron chi connectivity index (χ2n) is 11.2. The van der Waals surface area contributed by atoms with Crippen LogP contribution in [0.15, 0.2) is 67.5 Å². The Hall–Kier alpha value is -3.22. The lowest BCUT2D eigenvalue weighted by Gasteiger charge is -2.25. The topological polar surface area (TPSA) is 76.1 Å². The number of hydrogen-bond acceptors (Lipinski definition) is 4. The number of imidazole rings is 2. The maximum absolute atomic E-state index is 11.4. The smallest absolute Gasteiger partial charge is 0.0956 e. The number of aliphatic hydroxyl groups is 2. The van der Waals surface area contributed by atoms with Crippen molar-refractivity contribution in [2.45, 2.75) is 62.3 Å². The van der Waals surface area contributed by atoms with Crippen molar-refractivity contribution in [2.75, 3.05) is 0 Å². The lowest BCUT2D eigenvalue weighted by molar-refractivity contribution is 0.112. The van der Waals surface area contributed by atoms with Crippen molar-refractivity contribution in [3.05, 3.63) is 84.2 Å². The van der Waals surface area contributed by atoms with E-state index in [9.17, 15) is 10.2 Å². The van der Waals surface area contributed by atoms with Crippen LogP contribution in [0.3, 0.4) is 0 Å². The van der Waals surface area contributed by atoms with Gasteiger partial charge >= 0.3 is 0 Å². The van der Waals surface area contributed by atoms with Gasteiger partial charge < -0.3 is 19.3 Å². The van der Waals surface area contributed by atoms with Crippen molar-refractivity contribution in [3.63, 3.8) is 0 Å². The molecule has 4 aromatic rings. The lowest BCUT2D eigenvalue weighted by Crippen LogP contribution is -2.24. The van der Waals surface area contributed by atoms with E-state index >= 15 is 0 Å². The fraction of sp³-hybridized carbons (Fsp3) is 0.400. The van der Waals surface area contributed by atoms with Gasteiger partial charge in [0.05, 0.1) is 60.7 Å². The van der Waals surface area contributed by atoms with Gasteiger partial charge in [0.15, 0.2) is 0 Å². The number of nitrogens with zero attached hydrogens (tertiary/aromatic N) is 4. The molecule has 0 amide bonds. The van der Waals surface area contributed by atoms with Crippen molar-refractivity contribution in [1.29, 1.82) is 0 Å². The summed E-state index contributed by atoms with van der Waals surface area (Å²) in [7, 11) is 0. The Morgan fingerprint density at radius 3 is 2.25 bits per heavy atom. The molecule has 7 atom stereocenters. The standard InChI is InChI=1S/C30H30N4O2/c35-26-10-4-8-21(26)30-22-9-3-7-18(28(22)25-14-32-16-34(25)30)17-11-23(27(36)12-17)29-20-6-2-1-5-19(20)24-13-31-15-33(24)29/h1-3,5-7,9,13-17,21,23,26-27,29-30,35-36H,4,8,10-12H2/t17?,21-,23+,26+,27+,29+,30+/m0/s1. The normalized spacial score (nSPS) is 31.9. The van der Waals surface area contributed by atoms with Gasteiger partial charge in [-0.25, -0.2) is 9.97 Å². The third kappa shape index (κ3) is 2.74. The van der Waals surface area contributed by atoms with E-state index in [2.05, 4.69) is 61.6 Å². The van der Waals surface area contributed by atoms with E-state index < -0.39 is 0 Å². The maximum Gasteiger partial charge on any atom is 0.0956 e. The minimum absolute atomic E-state index is 0.113. The van der Waals surface area contributed by atoms with Crippen LogP contribution < -0.4 is 0 Å². The summed E-state index contributed by atoms with van der Waals surface area (Å²) in [5.41, 5.74) is 8.76. The number of rotatable bonds is 3. The molecule has 6 nitrogen and oxygen atoms in total. The van der Waals surface area contributed by atoms with Crippen molar-refractivity contribution in [2.24, 2.45) is 11.8 Å². The molecule has 2 aliphatic carbocycles. The molecule has 1 unspecified atom stereocenters. The average Bonchev–Trinajstić information content (AvgIpc) is 3.71. The molecular weight excluding hydrogens is 448 g/mol. The molecule has 2 fully saturated rings. The van der Waals surface area contributed by atoms with E-state index in [-0.39, 0.29) is 42.0 Å². The van der Waals surface area contributed by atoms with Crippen LogP contribution in [-0.4, -0.2) is 41.5 Å². The predicted molar refractivity (Wildman–Crippen MR) is 136 cm³/mol. The molecule has 2 aromatic heterocycles.